The highest BCUT2D eigenvalue weighted by Crippen LogP contribution is 2.30. The third-order valence-electron chi connectivity index (χ3n) is 3.11. The van der Waals surface area contributed by atoms with E-state index in [9.17, 15) is 0 Å². The summed E-state index contributed by atoms with van der Waals surface area (Å²) in [6, 6.07) is 18.2. The van der Waals surface area contributed by atoms with Crippen LogP contribution in [0.4, 0.5) is 0 Å². The van der Waals surface area contributed by atoms with Crippen molar-refractivity contribution in [1.29, 1.82) is 0 Å². The maximum atomic E-state index is 5.96. The molecule has 18 heavy (non-hydrogen) atoms. The number of para-hydroxylation sites is 1. The smallest absolute Gasteiger partial charge is 0.142 e. The third kappa shape index (κ3) is 1.95. The molecule has 1 aliphatic rings. The quantitative estimate of drug-likeness (QED) is 0.757. The molecule has 1 heteroatoms. The van der Waals surface area contributed by atoms with E-state index in [1.807, 2.05) is 42.5 Å². The molecule has 1 nitrogen and oxygen atoms in total. The summed E-state index contributed by atoms with van der Waals surface area (Å²) in [6.07, 6.45) is 4.07. The lowest BCUT2D eigenvalue weighted by Crippen LogP contribution is -2.18. The zero-order chi connectivity index (χ0) is 12.4. The largest absolute Gasteiger partial charge is 0.481 e. The van der Waals surface area contributed by atoms with Gasteiger partial charge in [-0.15, -0.1) is 0 Å². The predicted octanol–water partition coefficient (Wildman–Crippen LogP) is 4.17. The van der Waals surface area contributed by atoms with Crippen molar-refractivity contribution in [1.82, 2.24) is 0 Å². The molecule has 1 aliphatic heterocycles. The van der Waals surface area contributed by atoms with E-state index in [1.54, 1.807) is 0 Å². The summed E-state index contributed by atoms with van der Waals surface area (Å²) in [5.41, 5.74) is 3.22. The van der Waals surface area contributed by atoms with Crippen LogP contribution in [0.3, 0.4) is 0 Å². The summed E-state index contributed by atoms with van der Waals surface area (Å²) in [4.78, 5) is 0. The van der Waals surface area contributed by atoms with Crippen LogP contribution in [0.25, 0.3) is 11.6 Å². The number of ether oxygens (including phenoxy) is 1. The molecule has 0 N–H and O–H groups in total. The van der Waals surface area contributed by atoms with Gasteiger partial charge in [-0.1, -0.05) is 61.2 Å². The monoisotopic (exact) mass is 234 g/mol. The average Bonchev–Trinajstić information content (AvgIpc) is 2.47. The molecule has 0 aromatic heterocycles. The molecular weight excluding hydrogens is 220 g/mol. The van der Waals surface area contributed by atoms with Crippen molar-refractivity contribution in [2.75, 3.05) is 0 Å². The van der Waals surface area contributed by atoms with E-state index in [2.05, 4.69) is 30.9 Å². The lowest BCUT2D eigenvalue weighted by atomic mass is 9.99. The van der Waals surface area contributed by atoms with Crippen LogP contribution in [0.1, 0.15) is 11.1 Å². The van der Waals surface area contributed by atoms with Gasteiger partial charge in [-0.25, -0.2) is 0 Å². The Hall–Kier alpha value is -2.28. The second-order valence-electron chi connectivity index (χ2n) is 4.33. The third-order valence-corrected chi connectivity index (χ3v) is 3.11. The summed E-state index contributed by atoms with van der Waals surface area (Å²) >= 11 is 0. The fraction of sp³-hybridized carbons (Fsp3) is 0.0588. The zero-order valence-corrected chi connectivity index (χ0v) is 10.0. The Morgan fingerprint density at radius 1 is 0.944 bits per heavy atom. The summed E-state index contributed by atoms with van der Waals surface area (Å²) in [5.74, 6) is 0.919. The topological polar surface area (TPSA) is 9.23 Å². The molecule has 0 radical (unpaired) electrons. The summed E-state index contributed by atoms with van der Waals surface area (Å²) in [6.45, 7) is 4.15. The number of fused-ring (bicyclic) bond motifs is 1. The van der Waals surface area contributed by atoms with Crippen molar-refractivity contribution in [3.8, 4) is 5.75 Å². The van der Waals surface area contributed by atoms with E-state index in [1.165, 1.54) is 0 Å². The molecule has 0 amide bonds. The van der Waals surface area contributed by atoms with Gasteiger partial charge in [0.05, 0.1) is 0 Å². The van der Waals surface area contributed by atoms with E-state index >= 15 is 0 Å². The molecule has 0 saturated carbocycles. The molecule has 88 valence electrons. The highest BCUT2D eigenvalue weighted by Gasteiger charge is 2.17. The first-order chi connectivity index (χ1) is 8.84. The first kappa shape index (κ1) is 10.8. The van der Waals surface area contributed by atoms with E-state index < -0.39 is 0 Å². The Kier molecular flexibility index (Phi) is 2.73. The summed E-state index contributed by atoms with van der Waals surface area (Å²) < 4.78 is 5.96. The number of benzene rings is 2. The van der Waals surface area contributed by atoms with Gasteiger partial charge in [0.25, 0.3) is 0 Å². The molecule has 0 spiro atoms. The molecule has 1 unspecified atom stereocenters. The Morgan fingerprint density at radius 2 is 1.67 bits per heavy atom. The minimum absolute atomic E-state index is 0.0812. The molecule has 3 rings (SSSR count). The lowest BCUT2D eigenvalue weighted by molar-refractivity contribution is 0.301. The van der Waals surface area contributed by atoms with E-state index in [0.29, 0.717) is 0 Å². The van der Waals surface area contributed by atoms with Crippen molar-refractivity contribution in [3.05, 3.63) is 78.4 Å². The van der Waals surface area contributed by atoms with Crippen LogP contribution in [-0.2, 0) is 0 Å². The molecule has 0 fully saturated rings. The Balaban J connectivity index is 1.87. The van der Waals surface area contributed by atoms with Crippen LogP contribution in [-0.4, -0.2) is 6.10 Å². The molecule has 0 aliphatic carbocycles. The maximum Gasteiger partial charge on any atom is 0.142 e. The first-order valence-electron chi connectivity index (χ1n) is 6.03. The Labute approximate surface area is 107 Å². The first-order valence-corrected chi connectivity index (χ1v) is 6.03. The number of hydrogen-bond donors (Lipinski definition) is 0. The second kappa shape index (κ2) is 4.53. The minimum Gasteiger partial charge on any atom is -0.481 e. The van der Waals surface area contributed by atoms with Crippen molar-refractivity contribution in [2.24, 2.45) is 0 Å². The van der Waals surface area contributed by atoms with Gasteiger partial charge in [0, 0.05) is 5.56 Å². The average molecular weight is 234 g/mol. The molecular formula is C17H14O. The summed E-state index contributed by atoms with van der Waals surface area (Å²) in [7, 11) is 0. The molecule has 1 atom stereocenters. The van der Waals surface area contributed by atoms with Gasteiger partial charge in [0.1, 0.15) is 11.9 Å². The normalized spacial score (nSPS) is 16.8. The van der Waals surface area contributed by atoms with Gasteiger partial charge in [0.15, 0.2) is 0 Å². The van der Waals surface area contributed by atoms with Crippen molar-refractivity contribution in [2.45, 2.75) is 6.10 Å². The van der Waals surface area contributed by atoms with Crippen molar-refractivity contribution in [3.63, 3.8) is 0 Å². The fourth-order valence-electron chi connectivity index (χ4n) is 2.10. The van der Waals surface area contributed by atoms with Crippen LogP contribution < -0.4 is 4.74 Å². The SMILES string of the molecule is C=C(c1ccccc1)C1C=Cc2ccccc2O1. The second-order valence-corrected chi connectivity index (χ2v) is 4.33. The molecule has 2 aromatic rings. The van der Waals surface area contributed by atoms with E-state index in [0.717, 1.165) is 22.4 Å². The van der Waals surface area contributed by atoms with Crippen LogP contribution in [0.2, 0.25) is 0 Å². The predicted molar refractivity (Wildman–Crippen MR) is 75.4 cm³/mol. The highest BCUT2D eigenvalue weighted by molar-refractivity contribution is 5.73. The van der Waals surface area contributed by atoms with Crippen molar-refractivity contribution < 1.29 is 4.74 Å². The van der Waals surface area contributed by atoms with Gasteiger partial charge in [-0.05, 0) is 23.3 Å². The van der Waals surface area contributed by atoms with Crippen LogP contribution in [0, 0.1) is 0 Å². The molecule has 0 bridgehead atoms. The van der Waals surface area contributed by atoms with E-state index in [4.69, 9.17) is 4.74 Å². The van der Waals surface area contributed by atoms with Crippen LogP contribution >= 0.6 is 0 Å². The zero-order valence-electron chi connectivity index (χ0n) is 10.0. The summed E-state index contributed by atoms with van der Waals surface area (Å²) in [5, 5.41) is 0. The molecule has 0 saturated heterocycles. The van der Waals surface area contributed by atoms with Gasteiger partial charge >= 0.3 is 0 Å². The highest BCUT2D eigenvalue weighted by atomic mass is 16.5. The Morgan fingerprint density at radius 3 is 2.50 bits per heavy atom. The standard InChI is InChI=1S/C17H14O/c1-13(14-7-3-2-4-8-14)16-12-11-15-9-5-6-10-17(15)18-16/h2-12,16H,1H2. The number of hydrogen-bond acceptors (Lipinski definition) is 1. The number of rotatable bonds is 2. The molecule has 1 heterocycles. The van der Waals surface area contributed by atoms with Gasteiger partial charge < -0.3 is 4.74 Å². The van der Waals surface area contributed by atoms with Crippen LogP contribution in [0.15, 0.2) is 67.3 Å². The fourth-order valence-corrected chi connectivity index (χ4v) is 2.10. The van der Waals surface area contributed by atoms with Crippen molar-refractivity contribution >= 4 is 11.6 Å². The van der Waals surface area contributed by atoms with Gasteiger partial charge in [0.2, 0.25) is 0 Å². The van der Waals surface area contributed by atoms with Gasteiger partial charge in [-0.2, -0.15) is 0 Å². The van der Waals surface area contributed by atoms with E-state index in [-0.39, 0.29) is 6.10 Å². The Bertz CT molecular complexity index is 596. The lowest BCUT2D eigenvalue weighted by Gasteiger charge is -2.23. The molecule has 2 aromatic carbocycles. The maximum absolute atomic E-state index is 5.96. The van der Waals surface area contributed by atoms with Gasteiger partial charge in [-0.3, -0.25) is 0 Å². The minimum atomic E-state index is -0.0812. The van der Waals surface area contributed by atoms with Crippen LogP contribution in [0.5, 0.6) is 5.75 Å².